The zero-order chi connectivity index (χ0) is 15.1. The number of hydrogen-bond acceptors (Lipinski definition) is 6. The molecule has 0 radical (unpaired) electrons. The van der Waals surface area contributed by atoms with Crippen molar-refractivity contribution in [3.63, 3.8) is 0 Å². The van der Waals surface area contributed by atoms with E-state index in [2.05, 4.69) is 15.5 Å². The Hall–Kier alpha value is -1.86. The second kappa shape index (κ2) is 7.80. The topological polar surface area (TPSA) is 79.7 Å². The maximum Gasteiger partial charge on any atom is 0.311 e. The summed E-state index contributed by atoms with van der Waals surface area (Å²) in [6.45, 7) is 8.18. The van der Waals surface area contributed by atoms with E-state index < -0.39 is 4.92 Å². The number of nitrogens with zero attached hydrogens (tertiary/aromatic N) is 2. The van der Waals surface area contributed by atoms with Gasteiger partial charge in [0.1, 0.15) is 0 Å². The van der Waals surface area contributed by atoms with Gasteiger partial charge in [-0.2, -0.15) is 0 Å². The van der Waals surface area contributed by atoms with Gasteiger partial charge in [-0.15, -0.1) is 0 Å². The fourth-order valence-electron chi connectivity index (χ4n) is 2.34. The molecule has 0 aromatic heterocycles. The minimum Gasteiger partial charge on any atom is -0.487 e. The predicted molar refractivity (Wildman–Crippen MR) is 82.1 cm³/mol. The smallest absolute Gasteiger partial charge is 0.311 e. The highest BCUT2D eigenvalue weighted by Gasteiger charge is 2.15. The maximum absolute atomic E-state index is 10.9. The summed E-state index contributed by atoms with van der Waals surface area (Å²) in [5.74, 6) is 0.315. The zero-order valence-electron chi connectivity index (χ0n) is 12.3. The molecule has 7 nitrogen and oxygen atoms in total. The third-order valence-electron chi connectivity index (χ3n) is 3.42. The Labute approximate surface area is 124 Å². The normalized spacial score (nSPS) is 15.7. The molecule has 2 rings (SSSR count). The molecule has 1 heterocycles. The largest absolute Gasteiger partial charge is 0.487 e. The lowest BCUT2D eigenvalue weighted by molar-refractivity contribution is -0.385. The van der Waals surface area contributed by atoms with Gasteiger partial charge in [-0.25, -0.2) is 0 Å². The molecule has 0 spiro atoms. The van der Waals surface area contributed by atoms with Gasteiger partial charge in [0.25, 0.3) is 0 Å². The van der Waals surface area contributed by atoms with Crippen LogP contribution in [0.25, 0.3) is 0 Å². The minimum atomic E-state index is -0.421. The molecular formula is C14H22N4O3. The number of benzene rings is 1. The van der Waals surface area contributed by atoms with E-state index >= 15 is 0 Å². The molecule has 0 aliphatic carbocycles. The fourth-order valence-corrected chi connectivity index (χ4v) is 2.34. The summed E-state index contributed by atoms with van der Waals surface area (Å²) in [6, 6.07) is 4.90. The van der Waals surface area contributed by atoms with Crippen LogP contribution in [0, 0.1) is 10.1 Å². The summed E-state index contributed by atoms with van der Waals surface area (Å²) in [5.41, 5.74) is 0.851. The Morgan fingerprint density at radius 2 is 2.19 bits per heavy atom. The standard InChI is InChI=1S/C14H22N4O3/c1-2-21-14-11-12(3-4-13(14)18(19)20)16-7-10-17-8-5-15-6-9-17/h3-4,11,15-16H,2,5-10H2,1H3. The van der Waals surface area contributed by atoms with Crippen molar-refractivity contribution in [2.75, 3.05) is 51.2 Å². The third kappa shape index (κ3) is 4.57. The monoisotopic (exact) mass is 294 g/mol. The van der Waals surface area contributed by atoms with Crippen molar-refractivity contribution >= 4 is 11.4 Å². The highest BCUT2D eigenvalue weighted by Crippen LogP contribution is 2.29. The van der Waals surface area contributed by atoms with Gasteiger partial charge in [-0.1, -0.05) is 0 Å². The minimum absolute atomic E-state index is 0.00417. The van der Waals surface area contributed by atoms with Crippen LogP contribution in [0.4, 0.5) is 11.4 Å². The van der Waals surface area contributed by atoms with Crippen LogP contribution in [0.2, 0.25) is 0 Å². The summed E-state index contributed by atoms with van der Waals surface area (Å²) in [4.78, 5) is 12.9. The molecule has 116 valence electrons. The predicted octanol–water partition coefficient (Wildman–Crippen LogP) is 1.31. The molecule has 21 heavy (non-hydrogen) atoms. The van der Waals surface area contributed by atoms with Crippen LogP contribution < -0.4 is 15.4 Å². The first-order valence-electron chi connectivity index (χ1n) is 7.29. The van der Waals surface area contributed by atoms with Crippen molar-refractivity contribution < 1.29 is 9.66 Å². The van der Waals surface area contributed by atoms with Crippen molar-refractivity contribution in [1.29, 1.82) is 0 Å². The second-order valence-electron chi connectivity index (χ2n) is 4.89. The fraction of sp³-hybridized carbons (Fsp3) is 0.571. The average molecular weight is 294 g/mol. The van der Waals surface area contributed by atoms with Gasteiger partial charge in [0.2, 0.25) is 0 Å². The Morgan fingerprint density at radius 3 is 2.86 bits per heavy atom. The first-order valence-corrected chi connectivity index (χ1v) is 7.29. The van der Waals surface area contributed by atoms with Crippen LogP contribution in [0.5, 0.6) is 5.75 Å². The van der Waals surface area contributed by atoms with Crippen LogP contribution in [0.3, 0.4) is 0 Å². The number of ether oxygens (including phenoxy) is 1. The summed E-state index contributed by atoms with van der Waals surface area (Å²) in [5, 5.41) is 17.5. The van der Waals surface area contributed by atoms with Gasteiger partial charge in [0.15, 0.2) is 5.75 Å². The van der Waals surface area contributed by atoms with Gasteiger partial charge >= 0.3 is 5.69 Å². The third-order valence-corrected chi connectivity index (χ3v) is 3.42. The summed E-state index contributed by atoms with van der Waals surface area (Å²) in [6.07, 6.45) is 0. The molecule has 1 aromatic carbocycles. The van der Waals surface area contributed by atoms with E-state index in [1.807, 2.05) is 6.92 Å². The molecule has 0 unspecified atom stereocenters. The Kier molecular flexibility index (Phi) is 5.77. The van der Waals surface area contributed by atoms with Gasteiger partial charge in [0, 0.05) is 57.1 Å². The number of hydrogen-bond donors (Lipinski definition) is 2. The lowest BCUT2D eigenvalue weighted by Crippen LogP contribution is -2.45. The lowest BCUT2D eigenvalue weighted by atomic mass is 10.2. The number of nitro groups is 1. The summed E-state index contributed by atoms with van der Waals surface area (Å²) >= 11 is 0. The lowest BCUT2D eigenvalue weighted by Gasteiger charge is -2.27. The van der Waals surface area contributed by atoms with Gasteiger partial charge < -0.3 is 15.4 Å². The Morgan fingerprint density at radius 1 is 1.43 bits per heavy atom. The molecule has 0 bridgehead atoms. The molecule has 1 saturated heterocycles. The average Bonchev–Trinajstić information content (AvgIpc) is 2.49. The van der Waals surface area contributed by atoms with Crippen molar-refractivity contribution in [2.24, 2.45) is 0 Å². The number of nitro benzene ring substituents is 1. The molecule has 0 atom stereocenters. The molecule has 0 amide bonds. The molecule has 2 N–H and O–H groups in total. The molecule has 1 aliphatic rings. The Bertz CT molecular complexity index is 475. The molecule has 1 aliphatic heterocycles. The van der Waals surface area contributed by atoms with Gasteiger partial charge in [-0.3, -0.25) is 15.0 Å². The van der Waals surface area contributed by atoms with Crippen LogP contribution in [-0.4, -0.2) is 55.7 Å². The molecule has 1 aromatic rings. The van der Waals surface area contributed by atoms with E-state index in [0.29, 0.717) is 12.4 Å². The van der Waals surface area contributed by atoms with E-state index in [9.17, 15) is 10.1 Å². The number of nitrogens with one attached hydrogen (secondary N) is 2. The zero-order valence-corrected chi connectivity index (χ0v) is 12.3. The van der Waals surface area contributed by atoms with Crippen LogP contribution in [0.15, 0.2) is 18.2 Å². The highest BCUT2D eigenvalue weighted by molar-refractivity contribution is 5.58. The van der Waals surface area contributed by atoms with E-state index in [-0.39, 0.29) is 5.69 Å². The van der Waals surface area contributed by atoms with Crippen LogP contribution >= 0.6 is 0 Å². The van der Waals surface area contributed by atoms with Crippen molar-refractivity contribution in [3.05, 3.63) is 28.3 Å². The van der Waals surface area contributed by atoms with Gasteiger partial charge in [-0.05, 0) is 13.0 Å². The van der Waals surface area contributed by atoms with E-state index in [1.165, 1.54) is 6.07 Å². The van der Waals surface area contributed by atoms with E-state index in [0.717, 1.165) is 45.0 Å². The van der Waals surface area contributed by atoms with Gasteiger partial charge in [0.05, 0.1) is 11.5 Å². The van der Waals surface area contributed by atoms with Crippen LogP contribution in [0.1, 0.15) is 6.92 Å². The number of anilines is 1. The Balaban J connectivity index is 1.90. The maximum atomic E-state index is 10.9. The van der Waals surface area contributed by atoms with E-state index in [4.69, 9.17) is 4.74 Å². The summed E-state index contributed by atoms with van der Waals surface area (Å²) in [7, 11) is 0. The van der Waals surface area contributed by atoms with E-state index in [1.54, 1.807) is 12.1 Å². The van der Waals surface area contributed by atoms with Crippen molar-refractivity contribution in [1.82, 2.24) is 10.2 Å². The van der Waals surface area contributed by atoms with Crippen molar-refractivity contribution in [2.45, 2.75) is 6.92 Å². The van der Waals surface area contributed by atoms with Crippen molar-refractivity contribution in [3.8, 4) is 5.75 Å². The number of piperazine rings is 1. The SMILES string of the molecule is CCOc1cc(NCCN2CCNCC2)ccc1[N+](=O)[O-]. The molecule has 7 heteroatoms. The molecule has 0 saturated carbocycles. The molecule has 1 fully saturated rings. The quantitative estimate of drug-likeness (QED) is 0.583. The second-order valence-corrected chi connectivity index (χ2v) is 4.89. The first kappa shape index (κ1) is 15.5. The first-order chi connectivity index (χ1) is 10.2. The molecular weight excluding hydrogens is 272 g/mol. The summed E-state index contributed by atoms with van der Waals surface area (Å²) < 4.78 is 5.33. The van der Waals surface area contributed by atoms with Crippen LogP contribution in [-0.2, 0) is 0 Å². The number of rotatable bonds is 7. The highest BCUT2D eigenvalue weighted by atomic mass is 16.6.